The van der Waals surface area contributed by atoms with E-state index in [2.05, 4.69) is 19.9 Å². The van der Waals surface area contributed by atoms with Crippen molar-refractivity contribution in [2.75, 3.05) is 12.4 Å². The molecule has 0 aliphatic carbocycles. The lowest BCUT2D eigenvalue weighted by Gasteiger charge is -2.08. The van der Waals surface area contributed by atoms with Crippen LogP contribution in [-0.2, 0) is 6.54 Å². The number of rotatable bonds is 3. The van der Waals surface area contributed by atoms with Crippen molar-refractivity contribution in [2.45, 2.75) is 20.4 Å². The van der Waals surface area contributed by atoms with E-state index in [0.29, 0.717) is 12.4 Å². The van der Waals surface area contributed by atoms with E-state index in [4.69, 9.17) is 0 Å². The first-order valence-electron chi connectivity index (χ1n) is 5.16. The smallest absolute Gasteiger partial charge is 0.254 e. The van der Waals surface area contributed by atoms with Crippen LogP contribution in [0.3, 0.4) is 0 Å². The van der Waals surface area contributed by atoms with Crippen LogP contribution in [0.2, 0.25) is 0 Å². The molecule has 1 N–H and O–H groups in total. The Morgan fingerprint density at radius 1 is 1.47 bits per heavy atom. The fraction of sp³-hybridized carbons (Fsp3) is 0.400. The topological polar surface area (TPSA) is 72.7 Å². The summed E-state index contributed by atoms with van der Waals surface area (Å²) in [6.45, 7) is 4.01. The van der Waals surface area contributed by atoms with Crippen molar-refractivity contribution in [3.8, 4) is 0 Å². The zero-order valence-electron chi connectivity index (χ0n) is 9.89. The highest BCUT2D eigenvalue weighted by Crippen LogP contribution is 2.17. The maximum absolute atomic E-state index is 11.8. The number of aromatic nitrogens is 4. The van der Waals surface area contributed by atoms with E-state index in [1.54, 1.807) is 4.57 Å². The highest BCUT2D eigenvalue weighted by Gasteiger charge is 2.10. The average molecular weight is 251 g/mol. The molecule has 17 heavy (non-hydrogen) atoms. The van der Waals surface area contributed by atoms with Gasteiger partial charge in [-0.3, -0.25) is 9.36 Å². The standard InChI is InChI=1S/C10H13N5OS/c1-6-4-9(16)15(7(2)12-6)5-8-10(11-3)17-14-13-8/h4,11H,5H2,1-3H3. The van der Waals surface area contributed by atoms with Gasteiger partial charge in [0, 0.05) is 30.3 Å². The molecule has 0 saturated carbocycles. The highest BCUT2D eigenvalue weighted by atomic mass is 32.1. The van der Waals surface area contributed by atoms with Gasteiger partial charge in [0.05, 0.1) is 6.54 Å². The molecular weight excluding hydrogens is 238 g/mol. The largest absolute Gasteiger partial charge is 0.377 e. The van der Waals surface area contributed by atoms with Gasteiger partial charge in [0.1, 0.15) is 16.5 Å². The van der Waals surface area contributed by atoms with Crippen molar-refractivity contribution in [1.29, 1.82) is 0 Å². The fourth-order valence-electron chi connectivity index (χ4n) is 1.61. The van der Waals surface area contributed by atoms with E-state index in [-0.39, 0.29) is 5.56 Å². The molecule has 7 heteroatoms. The van der Waals surface area contributed by atoms with Crippen LogP contribution in [0, 0.1) is 13.8 Å². The fourth-order valence-corrected chi connectivity index (χ4v) is 2.13. The third-order valence-corrected chi connectivity index (χ3v) is 3.20. The number of nitrogens with one attached hydrogen (secondary N) is 1. The van der Waals surface area contributed by atoms with Gasteiger partial charge >= 0.3 is 0 Å². The third-order valence-electron chi connectivity index (χ3n) is 2.42. The Balaban J connectivity index is 2.40. The first-order chi connectivity index (χ1) is 8.11. The molecule has 0 spiro atoms. The second kappa shape index (κ2) is 4.62. The van der Waals surface area contributed by atoms with E-state index in [1.807, 2.05) is 20.9 Å². The number of nitrogens with zero attached hydrogens (tertiary/aromatic N) is 4. The predicted molar refractivity (Wildman–Crippen MR) is 66.5 cm³/mol. The number of aryl methyl sites for hydroxylation is 2. The van der Waals surface area contributed by atoms with E-state index in [0.717, 1.165) is 16.4 Å². The first kappa shape index (κ1) is 11.7. The summed E-state index contributed by atoms with van der Waals surface area (Å²) in [5.41, 5.74) is 1.42. The molecule has 2 aromatic heterocycles. The SMILES string of the molecule is CNc1snnc1Cn1c(C)nc(C)cc1=O. The molecule has 0 radical (unpaired) electrons. The van der Waals surface area contributed by atoms with Crippen LogP contribution in [-0.4, -0.2) is 26.2 Å². The summed E-state index contributed by atoms with van der Waals surface area (Å²) in [4.78, 5) is 16.1. The van der Waals surface area contributed by atoms with Gasteiger partial charge in [0.2, 0.25) is 0 Å². The van der Waals surface area contributed by atoms with Crippen LogP contribution >= 0.6 is 11.5 Å². The lowest BCUT2D eigenvalue weighted by Crippen LogP contribution is -2.24. The molecule has 2 rings (SSSR count). The highest BCUT2D eigenvalue weighted by molar-refractivity contribution is 7.10. The summed E-state index contributed by atoms with van der Waals surface area (Å²) in [6, 6.07) is 1.52. The first-order valence-corrected chi connectivity index (χ1v) is 5.93. The molecule has 0 aliphatic heterocycles. The molecule has 2 heterocycles. The maximum Gasteiger partial charge on any atom is 0.254 e. The molecule has 0 amide bonds. The molecule has 0 saturated heterocycles. The molecule has 90 valence electrons. The van der Waals surface area contributed by atoms with Crippen molar-refractivity contribution in [3.05, 3.63) is 33.6 Å². The molecule has 0 atom stereocenters. The van der Waals surface area contributed by atoms with Crippen LogP contribution in [0.15, 0.2) is 10.9 Å². The van der Waals surface area contributed by atoms with Gasteiger partial charge in [-0.1, -0.05) is 4.49 Å². The van der Waals surface area contributed by atoms with Crippen molar-refractivity contribution < 1.29 is 0 Å². The van der Waals surface area contributed by atoms with Crippen molar-refractivity contribution in [3.63, 3.8) is 0 Å². The molecule has 2 aromatic rings. The molecule has 0 unspecified atom stereocenters. The monoisotopic (exact) mass is 251 g/mol. The summed E-state index contributed by atoms with van der Waals surface area (Å²) in [6.07, 6.45) is 0. The summed E-state index contributed by atoms with van der Waals surface area (Å²) in [5, 5.41) is 7.88. The summed E-state index contributed by atoms with van der Waals surface area (Å²) in [7, 11) is 1.81. The maximum atomic E-state index is 11.8. The van der Waals surface area contributed by atoms with Crippen molar-refractivity contribution >= 4 is 16.5 Å². The minimum Gasteiger partial charge on any atom is -0.377 e. The van der Waals surface area contributed by atoms with E-state index in [1.165, 1.54) is 17.6 Å². The normalized spacial score (nSPS) is 10.5. The average Bonchev–Trinajstić information content (AvgIpc) is 2.70. The van der Waals surface area contributed by atoms with Crippen LogP contribution in [0.25, 0.3) is 0 Å². The van der Waals surface area contributed by atoms with Gasteiger partial charge < -0.3 is 5.32 Å². The summed E-state index contributed by atoms with van der Waals surface area (Å²) >= 11 is 1.28. The molecule has 0 fully saturated rings. The molecular formula is C10H13N5OS. The Kier molecular flexibility index (Phi) is 3.19. The molecule has 0 bridgehead atoms. The van der Waals surface area contributed by atoms with Crippen molar-refractivity contribution in [2.24, 2.45) is 0 Å². The molecule has 0 aliphatic rings. The van der Waals surface area contributed by atoms with Gasteiger partial charge in [0.15, 0.2) is 0 Å². The summed E-state index contributed by atoms with van der Waals surface area (Å²) < 4.78 is 5.45. The quantitative estimate of drug-likeness (QED) is 0.873. The Bertz CT molecular complexity index is 589. The van der Waals surface area contributed by atoms with E-state index >= 15 is 0 Å². The van der Waals surface area contributed by atoms with Crippen LogP contribution in [0.4, 0.5) is 5.00 Å². The Labute approximate surface area is 102 Å². The molecule has 0 aromatic carbocycles. The van der Waals surface area contributed by atoms with Gasteiger partial charge in [0.25, 0.3) is 5.56 Å². The summed E-state index contributed by atoms with van der Waals surface area (Å²) in [5.74, 6) is 0.685. The van der Waals surface area contributed by atoms with Gasteiger partial charge in [-0.25, -0.2) is 4.98 Å². The molecule has 6 nitrogen and oxygen atoms in total. The third kappa shape index (κ3) is 2.33. The number of hydrogen-bond acceptors (Lipinski definition) is 6. The van der Waals surface area contributed by atoms with E-state index in [9.17, 15) is 4.79 Å². The second-order valence-electron chi connectivity index (χ2n) is 3.67. The van der Waals surface area contributed by atoms with Crippen LogP contribution in [0.1, 0.15) is 17.2 Å². The zero-order valence-corrected chi connectivity index (χ0v) is 10.7. The number of anilines is 1. The Hall–Kier alpha value is -1.76. The number of hydrogen-bond donors (Lipinski definition) is 1. The Morgan fingerprint density at radius 2 is 2.24 bits per heavy atom. The lowest BCUT2D eigenvalue weighted by atomic mass is 10.4. The van der Waals surface area contributed by atoms with Gasteiger partial charge in [-0.05, 0) is 13.8 Å². The van der Waals surface area contributed by atoms with Crippen molar-refractivity contribution in [1.82, 2.24) is 19.1 Å². The van der Waals surface area contributed by atoms with Crippen LogP contribution < -0.4 is 10.9 Å². The second-order valence-corrected chi connectivity index (χ2v) is 4.42. The minimum atomic E-state index is -0.0648. The minimum absolute atomic E-state index is 0.0648. The van der Waals surface area contributed by atoms with Gasteiger partial charge in [-0.15, -0.1) is 5.10 Å². The predicted octanol–water partition coefficient (Wildman–Crippen LogP) is 0.802. The van der Waals surface area contributed by atoms with Gasteiger partial charge in [-0.2, -0.15) is 0 Å². The van der Waals surface area contributed by atoms with E-state index < -0.39 is 0 Å². The van der Waals surface area contributed by atoms with Crippen LogP contribution in [0.5, 0.6) is 0 Å². The zero-order chi connectivity index (χ0) is 12.4. The lowest BCUT2D eigenvalue weighted by molar-refractivity contribution is 0.680. The Morgan fingerprint density at radius 3 is 2.88 bits per heavy atom.